The lowest BCUT2D eigenvalue weighted by molar-refractivity contribution is -0.116. The molecular formula is C22H26N2O5S. The summed E-state index contributed by atoms with van der Waals surface area (Å²) >= 11 is 0. The third kappa shape index (κ3) is 6.14. The van der Waals surface area contributed by atoms with Crippen molar-refractivity contribution >= 4 is 27.4 Å². The minimum Gasteiger partial charge on any atom is -0.490 e. The van der Waals surface area contributed by atoms with E-state index < -0.39 is 10.0 Å². The van der Waals surface area contributed by atoms with Crippen LogP contribution in [0.15, 0.2) is 53.4 Å². The number of Topliss-reactive ketones (excluding diaryl/α,β-unsaturated/α-hetero) is 1. The Morgan fingerprint density at radius 1 is 1.00 bits per heavy atom. The molecule has 1 amide bonds. The summed E-state index contributed by atoms with van der Waals surface area (Å²) in [5.41, 5.74) is 1.06. The first kappa shape index (κ1) is 22.0. The Hall–Kier alpha value is -2.71. The van der Waals surface area contributed by atoms with Gasteiger partial charge in [0, 0.05) is 24.2 Å². The Kier molecular flexibility index (Phi) is 7.23. The van der Waals surface area contributed by atoms with Crippen LogP contribution in [0.4, 0.5) is 5.69 Å². The van der Waals surface area contributed by atoms with Gasteiger partial charge in [0.05, 0.1) is 11.0 Å². The molecule has 160 valence electrons. The fourth-order valence-electron chi connectivity index (χ4n) is 3.29. The number of hydrogen-bond acceptors (Lipinski definition) is 5. The van der Waals surface area contributed by atoms with E-state index in [1.807, 2.05) is 12.1 Å². The molecule has 0 atom stereocenters. The first-order valence-corrected chi connectivity index (χ1v) is 11.5. The molecule has 30 heavy (non-hydrogen) atoms. The van der Waals surface area contributed by atoms with Crippen LogP contribution in [-0.2, 0) is 14.8 Å². The largest absolute Gasteiger partial charge is 0.490 e. The van der Waals surface area contributed by atoms with E-state index in [-0.39, 0.29) is 35.7 Å². The number of ketones is 1. The first-order chi connectivity index (χ1) is 14.3. The van der Waals surface area contributed by atoms with E-state index in [0.29, 0.717) is 11.3 Å². The number of rotatable bonds is 9. The molecule has 0 bridgehead atoms. The van der Waals surface area contributed by atoms with E-state index in [2.05, 4.69) is 10.0 Å². The van der Waals surface area contributed by atoms with Crippen molar-refractivity contribution in [1.29, 1.82) is 0 Å². The van der Waals surface area contributed by atoms with Crippen LogP contribution in [0.25, 0.3) is 0 Å². The molecule has 0 saturated heterocycles. The summed E-state index contributed by atoms with van der Waals surface area (Å²) in [6.07, 6.45) is 4.82. The van der Waals surface area contributed by atoms with Crippen molar-refractivity contribution < 1.29 is 22.7 Å². The van der Waals surface area contributed by atoms with Crippen LogP contribution >= 0.6 is 0 Å². The maximum absolute atomic E-state index is 12.3. The molecule has 0 radical (unpaired) electrons. The molecule has 3 rings (SSSR count). The topological polar surface area (TPSA) is 102 Å². The van der Waals surface area contributed by atoms with Crippen molar-refractivity contribution in [3.63, 3.8) is 0 Å². The Bertz CT molecular complexity index is 979. The molecular weight excluding hydrogens is 404 g/mol. The number of amides is 1. The average molecular weight is 431 g/mol. The Labute approximate surface area is 176 Å². The molecule has 7 nitrogen and oxygen atoms in total. The van der Waals surface area contributed by atoms with Gasteiger partial charge in [0.1, 0.15) is 5.75 Å². The van der Waals surface area contributed by atoms with Crippen molar-refractivity contribution in [2.24, 2.45) is 0 Å². The molecule has 1 aliphatic carbocycles. The molecule has 1 aliphatic rings. The van der Waals surface area contributed by atoms with Gasteiger partial charge in [-0.1, -0.05) is 12.1 Å². The standard InChI is InChI=1S/C22H26N2O5S/c1-16(25)17-6-12-21(13-7-17)30(27,28)23-15-14-22(26)24-18-8-10-20(11-9-18)29-19-4-2-3-5-19/h6-13,19,23H,2-5,14-15H2,1H3,(H,24,26). The molecule has 8 heteroatoms. The van der Waals surface area contributed by atoms with Crippen LogP contribution in [0, 0.1) is 0 Å². The minimum absolute atomic E-state index is 0.00884. The van der Waals surface area contributed by atoms with Crippen LogP contribution in [0.3, 0.4) is 0 Å². The molecule has 2 aromatic carbocycles. The molecule has 2 N–H and O–H groups in total. The van der Waals surface area contributed by atoms with Gasteiger partial charge < -0.3 is 10.1 Å². The Balaban J connectivity index is 1.45. The van der Waals surface area contributed by atoms with Crippen LogP contribution in [0.2, 0.25) is 0 Å². The van der Waals surface area contributed by atoms with Gasteiger partial charge in [-0.3, -0.25) is 9.59 Å². The fourth-order valence-corrected chi connectivity index (χ4v) is 4.32. The molecule has 2 aromatic rings. The summed E-state index contributed by atoms with van der Waals surface area (Å²) in [5, 5.41) is 2.74. The Morgan fingerprint density at radius 2 is 1.63 bits per heavy atom. The van der Waals surface area contributed by atoms with E-state index in [1.165, 1.54) is 44.0 Å². The molecule has 0 aliphatic heterocycles. The van der Waals surface area contributed by atoms with Gasteiger partial charge in [-0.2, -0.15) is 0 Å². The van der Waals surface area contributed by atoms with Gasteiger partial charge in [-0.05, 0) is 69.0 Å². The average Bonchev–Trinajstić information content (AvgIpc) is 3.22. The van der Waals surface area contributed by atoms with Gasteiger partial charge in [0.2, 0.25) is 15.9 Å². The van der Waals surface area contributed by atoms with Crippen molar-refractivity contribution in [2.45, 2.75) is 50.0 Å². The fraction of sp³-hybridized carbons (Fsp3) is 0.364. The second-order valence-corrected chi connectivity index (χ2v) is 9.09. The molecule has 1 fully saturated rings. The van der Waals surface area contributed by atoms with Crippen LogP contribution in [0.1, 0.15) is 49.4 Å². The van der Waals surface area contributed by atoms with Gasteiger partial charge >= 0.3 is 0 Å². The highest BCUT2D eigenvalue weighted by molar-refractivity contribution is 7.89. The van der Waals surface area contributed by atoms with E-state index in [4.69, 9.17) is 4.74 Å². The second kappa shape index (κ2) is 9.86. The highest BCUT2D eigenvalue weighted by Gasteiger charge is 2.17. The normalized spacial score (nSPS) is 14.4. The SMILES string of the molecule is CC(=O)c1ccc(S(=O)(=O)NCCC(=O)Nc2ccc(OC3CCCC3)cc2)cc1. The number of sulfonamides is 1. The molecule has 0 unspecified atom stereocenters. The van der Waals surface area contributed by atoms with Gasteiger partial charge in [0.25, 0.3) is 0 Å². The maximum atomic E-state index is 12.3. The van der Waals surface area contributed by atoms with Gasteiger partial charge in [-0.15, -0.1) is 0 Å². The predicted molar refractivity (Wildman–Crippen MR) is 114 cm³/mol. The zero-order valence-corrected chi connectivity index (χ0v) is 17.7. The number of ether oxygens (including phenoxy) is 1. The summed E-state index contributed by atoms with van der Waals surface area (Å²) in [6, 6.07) is 12.8. The second-order valence-electron chi connectivity index (χ2n) is 7.33. The number of hydrogen-bond donors (Lipinski definition) is 2. The highest BCUT2D eigenvalue weighted by Crippen LogP contribution is 2.25. The van der Waals surface area contributed by atoms with Gasteiger partial charge in [-0.25, -0.2) is 13.1 Å². The van der Waals surface area contributed by atoms with Crippen LogP contribution in [0.5, 0.6) is 5.75 Å². The van der Waals surface area contributed by atoms with E-state index in [0.717, 1.165) is 18.6 Å². The Morgan fingerprint density at radius 3 is 2.23 bits per heavy atom. The number of carbonyl (C=O) groups excluding carboxylic acids is 2. The zero-order chi connectivity index (χ0) is 21.6. The van der Waals surface area contributed by atoms with Crippen LogP contribution < -0.4 is 14.8 Å². The van der Waals surface area contributed by atoms with Gasteiger partial charge in [0.15, 0.2) is 5.78 Å². The number of carbonyl (C=O) groups is 2. The lowest BCUT2D eigenvalue weighted by Gasteiger charge is -2.13. The predicted octanol–water partition coefficient (Wildman–Crippen LogP) is 3.52. The molecule has 0 heterocycles. The first-order valence-electron chi connectivity index (χ1n) is 10.0. The lowest BCUT2D eigenvalue weighted by Crippen LogP contribution is -2.27. The third-order valence-electron chi connectivity index (χ3n) is 4.96. The third-order valence-corrected chi connectivity index (χ3v) is 6.44. The monoisotopic (exact) mass is 430 g/mol. The minimum atomic E-state index is -3.75. The summed E-state index contributed by atoms with van der Waals surface area (Å²) in [6.45, 7) is 1.38. The lowest BCUT2D eigenvalue weighted by atomic mass is 10.2. The summed E-state index contributed by atoms with van der Waals surface area (Å²) in [5.74, 6) is 0.347. The molecule has 1 saturated carbocycles. The smallest absolute Gasteiger partial charge is 0.240 e. The van der Waals surface area contributed by atoms with Crippen LogP contribution in [-0.4, -0.2) is 32.8 Å². The maximum Gasteiger partial charge on any atom is 0.240 e. The van der Waals surface area contributed by atoms with Crippen molar-refractivity contribution in [1.82, 2.24) is 4.72 Å². The zero-order valence-electron chi connectivity index (χ0n) is 16.9. The summed E-state index contributed by atoms with van der Waals surface area (Å²) < 4.78 is 32.9. The molecule has 0 spiro atoms. The van der Waals surface area contributed by atoms with Crippen molar-refractivity contribution in [2.75, 3.05) is 11.9 Å². The summed E-state index contributed by atoms with van der Waals surface area (Å²) in [7, 11) is -3.75. The van der Waals surface area contributed by atoms with E-state index in [1.54, 1.807) is 12.1 Å². The molecule has 0 aromatic heterocycles. The number of nitrogens with one attached hydrogen (secondary N) is 2. The van der Waals surface area contributed by atoms with E-state index >= 15 is 0 Å². The van der Waals surface area contributed by atoms with Crippen molar-refractivity contribution in [3.8, 4) is 5.75 Å². The van der Waals surface area contributed by atoms with E-state index in [9.17, 15) is 18.0 Å². The number of anilines is 1. The van der Waals surface area contributed by atoms with Crippen molar-refractivity contribution in [3.05, 3.63) is 54.1 Å². The number of benzene rings is 2. The highest BCUT2D eigenvalue weighted by atomic mass is 32.2. The summed E-state index contributed by atoms with van der Waals surface area (Å²) in [4.78, 5) is 23.4. The quantitative estimate of drug-likeness (QED) is 0.593.